The first-order valence-electron chi connectivity index (χ1n) is 8.61. The molecule has 146 valence electrons. The second kappa shape index (κ2) is 8.46. The van der Waals surface area contributed by atoms with Crippen molar-refractivity contribution < 1.29 is 31.1 Å². The maximum absolute atomic E-state index is 14.0. The summed E-state index contributed by atoms with van der Waals surface area (Å²) in [5.41, 5.74) is -1.49. The van der Waals surface area contributed by atoms with Crippen LogP contribution in [0, 0.1) is 17.7 Å². The Morgan fingerprint density at radius 3 is 2.27 bits per heavy atom. The maximum Gasteiger partial charge on any atom is 0.419 e. The Labute approximate surface area is 149 Å². The number of ether oxygens (including phenoxy) is 1. The quantitative estimate of drug-likeness (QED) is 0.393. The molecule has 0 N–H and O–H groups in total. The van der Waals surface area contributed by atoms with Crippen molar-refractivity contribution in [3.63, 3.8) is 0 Å². The van der Waals surface area contributed by atoms with E-state index in [-0.39, 0.29) is 11.5 Å². The van der Waals surface area contributed by atoms with E-state index in [0.717, 1.165) is 18.9 Å². The lowest BCUT2D eigenvalue weighted by atomic mass is 9.80. The third kappa shape index (κ3) is 6.04. The normalized spacial score (nSPS) is 22.1. The number of alkyl halides is 5. The van der Waals surface area contributed by atoms with Crippen molar-refractivity contribution in [1.29, 1.82) is 0 Å². The zero-order valence-corrected chi connectivity index (χ0v) is 14.5. The largest absolute Gasteiger partial charge is 0.419 e. The Bertz CT molecular complexity index is 615. The highest BCUT2D eigenvalue weighted by Crippen LogP contribution is 2.37. The average Bonchev–Trinajstić information content (AvgIpc) is 2.54. The second-order valence-corrected chi connectivity index (χ2v) is 6.75. The Morgan fingerprint density at radius 2 is 1.73 bits per heavy atom. The summed E-state index contributed by atoms with van der Waals surface area (Å²) < 4.78 is 83.5. The smallest absolute Gasteiger partial charge is 0.316 e. The zero-order valence-electron chi connectivity index (χ0n) is 14.5. The van der Waals surface area contributed by atoms with Gasteiger partial charge in [-0.3, -0.25) is 0 Å². The molecular formula is C19H22F6O. The third-order valence-corrected chi connectivity index (χ3v) is 4.67. The van der Waals surface area contributed by atoms with Crippen LogP contribution in [0.5, 0.6) is 0 Å². The molecule has 0 atom stereocenters. The van der Waals surface area contributed by atoms with E-state index < -0.39 is 36.7 Å². The van der Waals surface area contributed by atoms with Gasteiger partial charge in [0.15, 0.2) is 0 Å². The van der Waals surface area contributed by atoms with Crippen molar-refractivity contribution in [1.82, 2.24) is 0 Å². The summed E-state index contributed by atoms with van der Waals surface area (Å²) in [6.45, 7) is 1.29. The van der Waals surface area contributed by atoms with Gasteiger partial charge in [0.2, 0.25) is 0 Å². The van der Waals surface area contributed by atoms with E-state index in [1.807, 2.05) is 13.0 Å². The molecule has 0 amide bonds. The number of rotatable bonds is 6. The first-order chi connectivity index (χ1) is 12.1. The highest BCUT2D eigenvalue weighted by atomic mass is 19.4. The second-order valence-electron chi connectivity index (χ2n) is 6.75. The highest BCUT2D eigenvalue weighted by molar-refractivity contribution is 5.26. The van der Waals surface area contributed by atoms with Crippen LogP contribution < -0.4 is 0 Å². The predicted molar refractivity (Wildman–Crippen MR) is 86.0 cm³/mol. The Morgan fingerprint density at radius 1 is 1.08 bits per heavy atom. The standard InChI is InChI=1S/C19H22F6O/c1-2-3-13-4-6-14(7-5-13)11-18(21,22)26-12-15-8-9-16(17(20)10-15)19(23,24)25/h2-3,8-10,13-14H,4-7,11-12H2,1H3/b3-2+. The van der Waals surface area contributed by atoms with Crippen LogP contribution in [0.3, 0.4) is 0 Å². The van der Waals surface area contributed by atoms with Gasteiger partial charge >= 0.3 is 12.3 Å². The van der Waals surface area contributed by atoms with Crippen LogP contribution in [0.4, 0.5) is 26.3 Å². The molecule has 1 saturated carbocycles. The van der Waals surface area contributed by atoms with Crippen molar-refractivity contribution in [2.24, 2.45) is 11.8 Å². The van der Waals surface area contributed by atoms with Crippen LogP contribution in [0.25, 0.3) is 0 Å². The predicted octanol–water partition coefficient (Wildman–Crippen LogP) is 6.73. The van der Waals surface area contributed by atoms with Crippen molar-refractivity contribution in [2.45, 2.75) is 57.9 Å². The van der Waals surface area contributed by atoms with Crippen LogP contribution in [-0.2, 0) is 17.5 Å². The Kier molecular flexibility index (Phi) is 6.77. The number of benzene rings is 1. The number of hydrogen-bond acceptors (Lipinski definition) is 1. The molecule has 1 aromatic rings. The van der Waals surface area contributed by atoms with Gasteiger partial charge in [-0.05, 0) is 62.1 Å². The molecule has 1 aliphatic rings. The zero-order chi connectivity index (χ0) is 19.4. The van der Waals surface area contributed by atoms with Crippen LogP contribution in [0.15, 0.2) is 30.4 Å². The monoisotopic (exact) mass is 380 g/mol. The lowest BCUT2D eigenvalue weighted by Crippen LogP contribution is -2.27. The van der Waals surface area contributed by atoms with Gasteiger partial charge < -0.3 is 4.74 Å². The van der Waals surface area contributed by atoms with Crippen LogP contribution >= 0.6 is 0 Å². The fourth-order valence-electron chi connectivity index (χ4n) is 3.32. The summed E-state index contributed by atoms with van der Waals surface area (Å²) >= 11 is 0. The highest BCUT2D eigenvalue weighted by Gasteiger charge is 2.36. The van der Waals surface area contributed by atoms with E-state index in [2.05, 4.69) is 10.8 Å². The lowest BCUT2D eigenvalue weighted by Gasteiger charge is -2.29. The summed E-state index contributed by atoms with van der Waals surface area (Å²) in [7, 11) is 0. The molecule has 1 aromatic carbocycles. The van der Waals surface area contributed by atoms with Gasteiger partial charge in [0.25, 0.3) is 0 Å². The van der Waals surface area contributed by atoms with Crippen LogP contribution in [-0.4, -0.2) is 6.11 Å². The summed E-state index contributed by atoms with van der Waals surface area (Å²) in [4.78, 5) is 0. The van der Waals surface area contributed by atoms with Gasteiger partial charge in [-0.15, -0.1) is 0 Å². The molecule has 0 aliphatic heterocycles. The van der Waals surface area contributed by atoms with Crippen molar-refractivity contribution in [2.75, 3.05) is 0 Å². The lowest BCUT2D eigenvalue weighted by molar-refractivity contribution is -0.256. The van der Waals surface area contributed by atoms with Gasteiger partial charge in [-0.25, -0.2) is 4.39 Å². The number of allylic oxidation sites excluding steroid dienone is 2. The maximum atomic E-state index is 14.0. The molecule has 0 spiro atoms. The third-order valence-electron chi connectivity index (χ3n) is 4.67. The van der Waals surface area contributed by atoms with Gasteiger partial charge in [-0.1, -0.05) is 18.2 Å². The van der Waals surface area contributed by atoms with Crippen molar-refractivity contribution in [3.8, 4) is 0 Å². The molecule has 0 bridgehead atoms. The van der Waals surface area contributed by atoms with Crippen LogP contribution in [0.1, 0.15) is 50.2 Å². The molecule has 7 heteroatoms. The average molecular weight is 380 g/mol. The fourth-order valence-corrected chi connectivity index (χ4v) is 3.32. The number of halogens is 6. The van der Waals surface area contributed by atoms with Gasteiger partial charge in [0, 0.05) is 6.42 Å². The Balaban J connectivity index is 1.87. The minimum atomic E-state index is -4.82. The minimum absolute atomic E-state index is 0.0630. The molecule has 2 rings (SSSR count). The van der Waals surface area contributed by atoms with E-state index in [9.17, 15) is 26.3 Å². The first kappa shape index (κ1) is 20.8. The summed E-state index contributed by atoms with van der Waals surface area (Å²) in [5, 5.41) is 0. The van der Waals surface area contributed by atoms with Crippen molar-refractivity contribution in [3.05, 3.63) is 47.3 Å². The molecular weight excluding hydrogens is 358 g/mol. The molecule has 0 radical (unpaired) electrons. The summed E-state index contributed by atoms with van der Waals surface area (Å²) in [6.07, 6.45) is -1.51. The molecule has 0 heterocycles. The molecule has 0 unspecified atom stereocenters. The van der Waals surface area contributed by atoms with E-state index in [4.69, 9.17) is 0 Å². The molecule has 0 aromatic heterocycles. The summed E-state index contributed by atoms with van der Waals surface area (Å²) in [6, 6.07) is 2.07. The minimum Gasteiger partial charge on any atom is -0.316 e. The SMILES string of the molecule is C/C=C/C1CCC(CC(F)(F)OCc2ccc(C(F)(F)F)c(F)c2)CC1. The summed E-state index contributed by atoms with van der Waals surface area (Å²) in [5.74, 6) is -1.22. The van der Waals surface area contributed by atoms with E-state index in [0.29, 0.717) is 30.9 Å². The number of hydrogen-bond donors (Lipinski definition) is 0. The van der Waals surface area contributed by atoms with E-state index in [1.165, 1.54) is 0 Å². The Hall–Kier alpha value is -1.50. The van der Waals surface area contributed by atoms with E-state index in [1.54, 1.807) is 0 Å². The molecule has 1 aliphatic carbocycles. The topological polar surface area (TPSA) is 9.23 Å². The molecule has 1 fully saturated rings. The molecule has 0 saturated heterocycles. The van der Waals surface area contributed by atoms with Gasteiger partial charge in [0.1, 0.15) is 5.82 Å². The van der Waals surface area contributed by atoms with Crippen molar-refractivity contribution >= 4 is 0 Å². The van der Waals surface area contributed by atoms with Crippen LogP contribution in [0.2, 0.25) is 0 Å². The van der Waals surface area contributed by atoms with Gasteiger partial charge in [0.05, 0.1) is 12.2 Å². The fraction of sp³-hybridized carbons (Fsp3) is 0.579. The molecule has 26 heavy (non-hydrogen) atoms. The molecule has 1 nitrogen and oxygen atoms in total. The first-order valence-corrected chi connectivity index (χ1v) is 8.61. The van der Waals surface area contributed by atoms with Gasteiger partial charge in [-0.2, -0.15) is 22.0 Å². The van der Waals surface area contributed by atoms with E-state index >= 15 is 0 Å².